The number of nitrogens with zero attached hydrogens (tertiary/aromatic N) is 2. The van der Waals surface area contributed by atoms with E-state index in [0.29, 0.717) is 17.2 Å². The van der Waals surface area contributed by atoms with Gasteiger partial charge < -0.3 is 14.8 Å². The van der Waals surface area contributed by atoms with Crippen molar-refractivity contribution in [2.75, 3.05) is 33.1 Å². The Balaban J connectivity index is 1.66. The van der Waals surface area contributed by atoms with Crippen molar-refractivity contribution < 1.29 is 14.3 Å². The third-order valence-electron chi connectivity index (χ3n) is 4.36. The summed E-state index contributed by atoms with van der Waals surface area (Å²) >= 11 is 1.66. The lowest BCUT2D eigenvalue weighted by molar-refractivity contribution is -0.117. The number of likely N-dealkylation sites (N-methyl/N-ethyl adjacent to an activating group) is 1. The van der Waals surface area contributed by atoms with Crippen LogP contribution < -0.4 is 14.8 Å². The van der Waals surface area contributed by atoms with Crippen LogP contribution in [0.4, 0.5) is 5.69 Å². The van der Waals surface area contributed by atoms with Crippen LogP contribution in [0.5, 0.6) is 11.5 Å². The Hall–Kier alpha value is -2.64. The number of hydrogen-bond acceptors (Lipinski definition) is 6. The molecule has 1 unspecified atom stereocenters. The van der Waals surface area contributed by atoms with Crippen molar-refractivity contribution in [2.45, 2.75) is 13.0 Å². The number of methoxy groups -OCH3 is 2. The van der Waals surface area contributed by atoms with Crippen molar-refractivity contribution in [3.05, 3.63) is 47.5 Å². The van der Waals surface area contributed by atoms with Crippen molar-refractivity contribution in [2.24, 2.45) is 0 Å². The second-order valence-corrected chi connectivity index (χ2v) is 7.32. The smallest absolute Gasteiger partial charge is 0.238 e. The predicted molar refractivity (Wildman–Crippen MR) is 109 cm³/mol. The number of fused-ring (bicyclic) bond motifs is 1. The first kappa shape index (κ1) is 19.1. The van der Waals surface area contributed by atoms with Gasteiger partial charge in [0.1, 0.15) is 16.5 Å². The Bertz CT molecular complexity index is 886. The van der Waals surface area contributed by atoms with Crippen LogP contribution in [0.1, 0.15) is 18.0 Å². The third-order valence-corrected chi connectivity index (χ3v) is 5.56. The molecule has 0 saturated heterocycles. The number of aromatic nitrogens is 1. The van der Waals surface area contributed by atoms with Crippen LogP contribution in [0, 0.1) is 0 Å². The summed E-state index contributed by atoms with van der Waals surface area (Å²) in [6.45, 7) is 2.30. The molecule has 27 heavy (non-hydrogen) atoms. The number of ether oxygens (including phenoxy) is 2. The summed E-state index contributed by atoms with van der Waals surface area (Å²) in [5.74, 6) is 1.14. The van der Waals surface area contributed by atoms with Crippen molar-refractivity contribution in [1.82, 2.24) is 9.88 Å². The topological polar surface area (TPSA) is 63.7 Å². The monoisotopic (exact) mass is 385 g/mol. The zero-order valence-electron chi connectivity index (χ0n) is 15.9. The molecule has 0 aliphatic heterocycles. The van der Waals surface area contributed by atoms with Gasteiger partial charge in [0.05, 0.1) is 37.0 Å². The Morgan fingerprint density at radius 2 is 1.85 bits per heavy atom. The van der Waals surface area contributed by atoms with Gasteiger partial charge >= 0.3 is 0 Å². The summed E-state index contributed by atoms with van der Waals surface area (Å²) in [4.78, 5) is 19.1. The largest absolute Gasteiger partial charge is 0.497 e. The molecule has 1 atom stereocenters. The number of nitrogens with one attached hydrogen (secondary N) is 1. The van der Waals surface area contributed by atoms with Gasteiger partial charge in [-0.2, -0.15) is 0 Å². The van der Waals surface area contributed by atoms with Gasteiger partial charge in [0.2, 0.25) is 5.91 Å². The molecule has 0 radical (unpaired) electrons. The highest BCUT2D eigenvalue weighted by Gasteiger charge is 2.19. The summed E-state index contributed by atoms with van der Waals surface area (Å²) < 4.78 is 11.6. The molecular formula is C20H23N3O3S. The highest BCUT2D eigenvalue weighted by Crippen LogP contribution is 2.29. The minimum Gasteiger partial charge on any atom is -0.497 e. The maximum atomic E-state index is 12.5. The standard InChI is InChI=1S/C20H23N3O3S/c1-13(20-22-17-7-5-6-8-18(17)27-20)23(2)12-19(24)21-14-9-15(25-3)11-16(10-14)26-4/h5-11,13H,12H2,1-4H3,(H,21,24). The van der Waals surface area contributed by atoms with E-state index < -0.39 is 0 Å². The molecule has 1 N–H and O–H groups in total. The molecule has 0 aliphatic rings. The molecule has 3 aromatic rings. The number of para-hydroxylation sites is 1. The Morgan fingerprint density at radius 1 is 1.19 bits per heavy atom. The highest BCUT2D eigenvalue weighted by atomic mass is 32.1. The van der Waals surface area contributed by atoms with Gasteiger partial charge in [-0.3, -0.25) is 9.69 Å². The maximum Gasteiger partial charge on any atom is 0.238 e. The Morgan fingerprint density at radius 3 is 2.48 bits per heavy atom. The molecule has 0 bridgehead atoms. The molecule has 6 nitrogen and oxygen atoms in total. The molecular weight excluding hydrogens is 362 g/mol. The third kappa shape index (κ3) is 4.56. The van der Waals surface area contributed by atoms with Gasteiger partial charge in [0.15, 0.2) is 0 Å². The van der Waals surface area contributed by atoms with Crippen LogP contribution >= 0.6 is 11.3 Å². The lowest BCUT2D eigenvalue weighted by Gasteiger charge is -2.22. The number of anilines is 1. The second kappa shape index (κ2) is 8.37. The highest BCUT2D eigenvalue weighted by molar-refractivity contribution is 7.18. The molecule has 1 heterocycles. The van der Waals surface area contributed by atoms with Gasteiger partial charge in [-0.15, -0.1) is 11.3 Å². The van der Waals surface area contributed by atoms with Crippen molar-refractivity contribution >= 4 is 33.1 Å². The van der Waals surface area contributed by atoms with E-state index in [4.69, 9.17) is 9.47 Å². The minimum atomic E-state index is -0.110. The van der Waals surface area contributed by atoms with Crippen molar-refractivity contribution in [3.8, 4) is 11.5 Å². The molecule has 1 amide bonds. The van der Waals surface area contributed by atoms with E-state index in [2.05, 4.69) is 23.3 Å². The van der Waals surface area contributed by atoms with E-state index in [0.717, 1.165) is 15.2 Å². The molecule has 7 heteroatoms. The fourth-order valence-corrected chi connectivity index (χ4v) is 3.79. The predicted octanol–water partition coefficient (Wildman–Crippen LogP) is 3.95. The summed E-state index contributed by atoms with van der Waals surface area (Å²) in [6, 6.07) is 13.4. The fourth-order valence-electron chi connectivity index (χ4n) is 2.70. The van der Waals surface area contributed by atoms with E-state index in [-0.39, 0.29) is 18.5 Å². The molecule has 0 saturated carbocycles. The maximum absolute atomic E-state index is 12.5. The van der Waals surface area contributed by atoms with Gasteiger partial charge in [0, 0.05) is 23.9 Å². The number of carbonyl (C=O) groups is 1. The first-order valence-electron chi connectivity index (χ1n) is 8.58. The second-order valence-electron chi connectivity index (χ2n) is 6.26. The number of amides is 1. The number of carbonyl (C=O) groups excluding carboxylic acids is 1. The quantitative estimate of drug-likeness (QED) is 0.667. The normalized spacial score (nSPS) is 12.2. The van der Waals surface area contributed by atoms with Gasteiger partial charge in [-0.25, -0.2) is 4.98 Å². The Labute approximate surface area is 162 Å². The van der Waals surface area contributed by atoms with Crippen LogP contribution in [0.2, 0.25) is 0 Å². The zero-order chi connectivity index (χ0) is 19.4. The average molecular weight is 385 g/mol. The van der Waals surface area contributed by atoms with Crippen LogP contribution in [0.15, 0.2) is 42.5 Å². The fraction of sp³-hybridized carbons (Fsp3) is 0.300. The Kier molecular flexibility index (Phi) is 5.93. The molecule has 0 fully saturated rings. The summed E-state index contributed by atoms with van der Waals surface area (Å²) in [6.07, 6.45) is 0. The molecule has 3 rings (SSSR count). The van der Waals surface area contributed by atoms with E-state index in [9.17, 15) is 4.79 Å². The van der Waals surface area contributed by atoms with E-state index in [1.54, 1.807) is 43.8 Å². The molecule has 0 aliphatic carbocycles. The van der Waals surface area contributed by atoms with E-state index >= 15 is 0 Å². The number of hydrogen-bond donors (Lipinski definition) is 1. The summed E-state index contributed by atoms with van der Waals surface area (Å²) in [7, 11) is 5.07. The molecule has 2 aromatic carbocycles. The lowest BCUT2D eigenvalue weighted by Crippen LogP contribution is -2.32. The SMILES string of the molecule is COc1cc(NC(=O)CN(C)C(C)c2nc3ccccc3s2)cc(OC)c1. The first-order valence-corrected chi connectivity index (χ1v) is 9.40. The molecule has 1 aromatic heterocycles. The van der Waals surface area contributed by atoms with Gasteiger partial charge in [-0.05, 0) is 26.1 Å². The van der Waals surface area contributed by atoms with Crippen molar-refractivity contribution in [1.29, 1.82) is 0 Å². The lowest BCUT2D eigenvalue weighted by atomic mass is 10.2. The number of thiazole rings is 1. The molecule has 0 spiro atoms. The van der Waals surface area contributed by atoms with Crippen LogP contribution in [-0.4, -0.2) is 43.6 Å². The first-order chi connectivity index (χ1) is 13.0. The van der Waals surface area contributed by atoms with Crippen LogP contribution in [-0.2, 0) is 4.79 Å². The minimum absolute atomic E-state index is 0.0352. The van der Waals surface area contributed by atoms with Gasteiger partial charge in [-0.1, -0.05) is 12.1 Å². The average Bonchev–Trinajstić information content (AvgIpc) is 3.10. The van der Waals surface area contributed by atoms with Crippen LogP contribution in [0.25, 0.3) is 10.2 Å². The summed E-state index contributed by atoms with van der Waals surface area (Å²) in [5.41, 5.74) is 1.63. The molecule has 142 valence electrons. The van der Waals surface area contributed by atoms with Gasteiger partial charge in [0.25, 0.3) is 0 Å². The number of rotatable bonds is 7. The van der Waals surface area contributed by atoms with E-state index in [1.807, 2.05) is 30.1 Å². The number of benzene rings is 2. The summed E-state index contributed by atoms with van der Waals surface area (Å²) in [5, 5.41) is 3.89. The zero-order valence-corrected chi connectivity index (χ0v) is 16.7. The van der Waals surface area contributed by atoms with E-state index in [1.165, 1.54) is 0 Å². The van der Waals surface area contributed by atoms with Crippen molar-refractivity contribution in [3.63, 3.8) is 0 Å². The van der Waals surface area contributed by atoms with Crippen LogP contribution in [0.3, 0.4) is 0 Å².